The normalized spacial score (nSPS) is 10.8. The molecule has 14 heavy (non-hydrogen) atoms. The Kier molecular flexibility index (Phi) is 11.8. The molecule has 0 aromatic rings. The highest BCUT2D eigenvalue weighted by molar-refractivity contribution is 8.03. The van der Waals surface area contributed by atoms with Crippen molar-refractivity contribution in [2.45, 2.75) is 13.8 Å². The van der Waals surface area contributed by atoms with Crippen molar-refractivity contribution in [3.05, 3.63) is 12.7 Å². The second kappa shape index (κ2) is 11.5. The largest absolute Gasteiger partial charge is 0.380 e. The van der Waals surface area contributed by atoms with Gasteiger partial charge in [0, 0.05) is 29.6 Å². The Morgan fingerprint density at radius 3 is 2.57 bits per heavy atom. The maximum Gasteiger partial charge on any atom is 0.0556 e. The Bertz CT molecular complexity index is 126. The summed E-state index contributed by atoms with van der Waals surface area (Å²) in [4.78, 5) is 0. The van der Waals surface area contributed by atoms with Crippen molar-refractivity contribution < 1.29 is 4.74 Å². The molecule has 0 spiro atoms. The van der Waals surface area contributed by atoms with Gasteiger partial charge >= 0.3 is 0 Å². The smallest absolute Gasteiger partial charge is 0.0556 e. The maximum absolute atomic E-state index is 5.48. The monoisotopic (exact) mass is 234 g/mol. The van der Waals surface area contributed by atoms with Gasteiger partial charge in [0.1, 0.15) is 0 Å². The second-order valence-corrected chi connectivity index (χ2v) is 5.82. The summed E-state index contributed by atoms with van der Waals surface area (Å²) in [5.41, 5.74) is 0. The molecule has 84 valence electrons. The first-order valence-electron chi connectivity index (χ1n) is 5.11. The number of hydrogen-bond acceptors (Lipinski definition) is 3. The molecule has 0 aliphatic carbocycles. The highest BCUT2D eigenvalue weighted by Gasteiger charge is 1.94. The first-order valence-corrected chi connectivity index (χ1v) is 7.42. The van der Waals surface area contributed by atoms with Gasteiger partial charge in [-0.1, -0.05) is 19.9 Å². The lowest BCUT2D eigenvalue weighted by atomic mass is 10.2. The molecule has 0 aromatic heterocycles. The quantitative estimate of drug-likeness (QED) is 0.424. The van der Waals surface area contributed by atoms with Crippen LogP contribution in [0.3, 0.4) is 0 Å². The highest BCUT2D eigenvalue weighted by atomic mass is 32.2. The Morgan fingerprint density at radius 1 is 1.21 bits per heavy atom. The topological polar surface area (TPSA) is 9.23 Å². The third-order valence-electron chi connectivity index (χ3n) is 1.43. The van der Waals surface area contributed by atoms with Gasteiger partial charge in [0.05, 0.1) is 6.61 Å². The molecule has 0 bridgehead atoms. The van der Waals surface area contributed by atoms with Crippen LogP contribution in [-0.2, 0) is 4.74 Å². The summed E-state index contributed by atoms with van der Waals surface area (Å²) in [5, 5.41) is 0. The van der Waals surface area contributed by atoms with E-state index in [1.54, 1.807) is 0 Å². The van der Waals surface area contributed by atoms with Gasteiger partial charge in [-0.25, -0.2) is 0 Å². The van der Waals surface area contributed by atoms with Crippen LogP contribution in [0.4, 0.5) is 0 Å². The molecule has 0 rings (SSSR count). The SMILES string of the molecule is C=CCSCCSCCOCC(C)C. The van der Waals surface area contributed by atoms with Crippen LogP contribution in [0.25, 0.3) is 0 Å². The fraction of sp³-hybridized carbons (Fsp3) is 0.818. The molecule has 0 radical (unpaired) electrons. The first kappa shape index (κ1) is 14.4. The molecule has 3 heteroatoms. The van der Waals surface area contributed by atoms with Crippen molar-refractivity contribution in [2.24, 2.45) is 5.92 Å². The van der Waals surface area contributed by atoms with E-state index in [4.69, 9.17) is 4.74 Å². The summed E-state index contributed by atoms with van der Waals surface area (Å²) >= 11 is 3.92. The van der Waals surface area contributed by atoms with Gasteiger partial charge in [0.2, 0.25) is 0 Å². The van der Waals surface area contributed by atoms with Gasteiger partial charge < -0.3 is 4.74 Å². The lowest BCUT2D eigenvalue weighted by Gasteiger charge is -2.06. The summed E-state index contributed by atoms with van der Waals surface area (Å²) in [5.74, 6) is 5.30. The molecule has 0 atom stereocenters. The van der Waals surface area contributed by atoms with Crippen molar-refractivity contribution >= 4 is 23.5 Å². The molecular weight excluding hydrogens is 212 g/mol. The lowest BCUT2D eigenvalue weighted by molar-refractivity contribution is 0.124. The standard InChI is InChI=1S/C11H22OS2/c1-4-6-13-8-9-14-7-5-12-10-11(2)3/h4,11H,1,5-10H2,2-3H3. The average Bonchev–Trinajstić information content (AvgIpc) is 2.15. The Labute approximate surface area is 97.1 Å². The van der Waals surface area contributed by atoms with Crippen LogP contribution >= 0.6 is 23.5 Å². The molecule has 0 heterocycles. The van der Waals surface area contributed by atoms with Crippen LogP contribution in [0.15, 0.2) is 12.7 Å². The van der Waals surface area contributed by atoms with Crippen LogP contribution in [0.2, 0.25) is 0 Å². The van der Waals surface area contributed by atoms with E-state index in [0.717, 1.165) is 24.7 Å². The van der Waals surface area contributed by atoms with E-state index >= 15 is 0 Å². The van der Waals surface area contributed by atoms with Crippen LogP contribution in [-0.4, -0.2) is 36.2 Å². The zero-order chi connectivity index (χ0) is 10.6. The minimum atomic E-state index is 0.656. The molecule has 0 aliphatic rings. The summed E-state index contributed by atoms with van der Waals surface area (Å²) < 4.78 is 5.48. The molecule has 0 saturated carbocycles. The second-order valence-electron chi connectivity index (χ2n) is 3.44. The van der Waals surface area contributed by atoms with Crippen molar-refractivity contribution in [1.29, 1.82) is 0 Å². The Hall–Kier alpha value is 0.400. The third kappa shape index (κ3) is 12.4. The molecule has 0 fully saturated rings. The number of ether oxygens (including phenoxy) is 1. The molecule has 0 unspecified atom stereocenters. The first-order chi connectivity index (χ1) is 6.77. The number of thioether (sulfide) groups is 2. The van der Waals surface area contributed by atoms with Crippen LogP contribution in [0, 0.1) is 5.92 Å². The fourth-order valence-corrected chi connectivity index (χ4v) is 2.54. The zero-order valence-corrected chi connectivity index (χ0v) is 11.0. The lowest BCUT2D eigenvalue weighted by Crippen LogP contribution is -2.05. The van der Waals surface area contributed by atoms with E-state index < -0.39 is 0 Å². The predicted molar refractivity (Wildman–Crippen MR) is 70.5 cm³/mol. The van der Waals surface area contributed by atoms with Gasteiger partial charge in [-0.2, -0.15) is 23.5 Å². The van der Waals surface area contributed by atoms with Crippen LogP contribution in [0.5, 0.6) is 0 Å². The third-order valence-corrected chi connectivity index (χ3v) is 3.60. The zero-order valence-electron chi connectivity index (χ0n) is 9.33. The molecule has 0 aromatic carbocycles. The minimum Gasteiger partial charge on any atom is -0.380 e. The van der Waals surface area contributed by atoms with E-state index in [2.05, 4.69) is 20.4 Å². The van der Waals surface area contributed by atoms with E-state index in [9.17, 15) is 0 Å². The summed E-state index contributed by atoms with van der Waals surface area (Å²) in [6.07, 6.45) is 1.96. The van der Waals surface area contributed by atoms with Gasteiger partial charge in [-0.15, -0.1) is 6.58 Å². The molecular formula is C11H22OS2. The maximum atomic E-state index is 5.48. The molecule has 1 nitrogen and oxygen atoms in total. The molecule has 0 amide bonds. The molecule has 0 saturated heterocycles. The Morgan fingerprint density at radius 2 is 1.93 bits per heavy atom. The van der Waals surface area contributed by atoms with E-state index in [1.807, 2.05) is 29.6 Å². The molecule has 0 aliphatic heterocycles. The number of hydrogen-bond donors (Lipinski definition) is 0. The van der Waals surface area contributed by atoms with E-state index in [1.165, 1.54) is 11.5 Å². The van der Waals surface area contributed by atoms with E-state index in [0.29, 0.717) is 5.92 Å². The van der Waals surface area contributed by atoms with Gasteiger partial charge in [-0.05, 0) is 5.92 Å². The predicted octanol–water partition coefficient (Wildman–Crippen LogP) is 3.31. The van der Waals surface area contributed by atoms with Crippen LogP contribution < -0.4 is 0 Å². The summed E-state index contributed by atoms with van der Waals surface area (Å²) in [7, 11) is 0. The average molecular weight is 234 g/mol. The van der Waals surface area contributed by atoms with Crippen molar-refractivity contribution in [3.63, 3.8) is 0 Å². The highest BCUT2D eigenvalue weighted by Crippen LogP contribution is 2.06. The van der Waals surface area contributed by atoms with Gasteiger partial charge in [0.15, 0.2) is 0 Å². The fourth-order valence-electron chi connectivity index (χ4n) is 0.823. The Balaban J connectivity index is 2.88. The minimum absolute atomic E-state index is 0.656. The van der Waals surface area contributed by atoms with Crippen LogP contribution in [0.1, 0.15) is 13.8 Å². The van der Waals surface area contributed by atoms with Crippen molar-refractivity contribution in [1.82, 2.24) is 0 Å². The molecule has 0 N–H and O–H groups in total. The van der Waals surface area contributed by atoms with Gasteiger partial charge in [-0.3, -0.25) is 0 Å². The number of rotatable bonds is 10. The van der Waals surface area contributed by atoms with E-state index in [-0.39, 0.29) is 0 Å². The summed E-state index contributed by atoms with van der Waals surface area (Å²) in [6.45, 7) is 9.84. The van der Waals surface area contributed by atoms with Crippen molar-refractivity contribution in [2.75, 3.05) is 36.2 Å². The van der Waals surface area contributed by atoms with Gasteiger partial charge in [0.25, 0.3) is 0 Å². The van der Waals surface area contributed by atoms with Crippen molar-refractivity contribution in [3.8, 4) is 0 Å². The summed E-state index contributed by atoms with van der Waals surface area (Å²) in [6, 6.07) is 0.